The first-order valence-corrected chi connectivity index (χ1v) is 4.46. The van der Waals surface area contributed by atoms with Crippen molar-refractivity contribution in [3.63, 3.8) is 0 Å². The topological polar surface area (TPSA) is 35.2 Å². The molecular weight excluding hydrogens is 138 g/mol. The van der Waals surface area contributed by atoms with E-state index in [4.69, 9.17) is 10.5 Å². The summed E-state index contributed by atoms with van der Waals surface area (Å²) in [5.74, 6) is 0. The number of hydrogen-bond acceptors (Lipinski definition) is 2. The minimum atomic E-state index is 0.0541. The van der Waals surface area contributed by atoms with Crippen LogP contribution in [0, 0.1) is 0 Å². The first-order valence-electron chi connectivity index (χ1n) is 4.46. The minimum absolute atomic E-state index is 0.0541. The van der Waals surface area contributed by atoms with E-state index in [2.05, 4.69) is 13.8 Å². The lowest BCUT2D eigenvalue weighted by Gasteiger charge is -2.26. The van der Waals surface area contributed by atoms with Gasteiger partial charge in [0.05, 0.1) is 0 Å². The molecule has 0 atom stereocenters. The summed E-state index contributed by atoms with van der Waals surface area (Å²) in [6.45, 7) is 5.13. The Morgan fingerprint density at radius 1 is 1.27 bits per heavy atom. The molecule has 68 valence electrons. The largest absolute Gasteiger partial charge is 0.385 e. The number of ether oxygens (including phenoxy) is 1. The van der Waals surface area contributed by atoms with Gasteiger partial charge < -0.3 is 10.5 Å². The van der Waals surface area contributed by atoms with Crippen LogP contribution in [0.15, 0.2) is 0 Å². The molecule has 0 spiro atoms. The van der Waals surface area contributed by atoms with Gasteiger partial charge in [0.1, 0.15) is 0 Å². The van der Waals surface area contributed by atoms with Gasteiger partial charge in [-0.3, -0.25) is 0 Å². The predicted octanol–water partition coefficient (Wildman–Crippen LogP) is 1.93. The van der Waals surface area contributed by atoms with Crippen LogP contribution < -0.4 is 5.73 Å². The van der Waals surface area contributed by atoms with Gasteiger partial charge in [-0.2, -0.15) is 0 Å². The molecule has 0 fully saturated rings. The van der Waals surface area contributed by atoms with Gasteiger partial charge in [0.15, 0.2) is 0 Å². The summed E-state index contributed by atoms with van der Waals surface area (Å²) in [5, 5.41) is 0. The maximum Gasteiger partial charge on any atom is 0.0462 e. The van der Waals surface area contributed by atoms with Crippen molar-refractivity contribution in [3.8, 4) is 0 Å². The Balaban J connectivity index is 3.51. The Morgan fingerprint density at radius 2 is 1.82 bits per heavy atom. The molecule has 0 aromatic carbocycles. The third-order valence-corrected chi connectivity index (χ3v) is 2.43. The van der Waals surface area contributed by atoms with E-state index in [1.807, 2.05) is 0 Å². The van der Waals surface area contributed by atoms with Gasteiger partial charge in [-0.05, 0) is 25.7 Å². The molecule has 0 amide bonds. The fraction of sp³-hybridized carbons (Fsp3) is 1.00. The Morgan fingerprint density at radius 3 is 2.18 bits per heavy atom. The van der Waals surface area contributed by atoms with Crippen LogP contribution in [0.4, 0.5) is 0 Å². The van der Waals surface area contributed by atoms with E-state index in [0.717, 1.165) is 32.3 Å². The van der Waals surface area contributed by atoms with Crippen LogP contribution in [0.3, 0.4) is 0 Å². The number of methoxy groups -OCH3 is 1. The standard InChI is InChI=1S/C9H21NO/c1-4-9(10,5-2)7-6-8-11-3/h4-8,10H2,1-3H3. The molecule has 0 bridgehead atoms. The summed E-state index contributed by atoms with van der Waals surface area (Å²) >= 11 is 0. The molecule has 0 radical (unpaired) electrons. The fourth-order valence-electron chi connectivity index (χ4n) is 1.17. The lowest BCUT2D eigenvalue weighted by atomic mass is 9.89. The third-order valence-electron chi connectivity index (χ3n) is 2.43. The molecule has 0 aromatic rings. The molecule has 0 aromatic heterocycles. The van der Waals surface area contributed by atoms with E-state index >= 15 is 0 Å². The summed E-state index contributed by atoms with van der Waals surface area (Å²) < 4.78 is 4.97. The summed E-state index contributed by atoms with van der Waals surface area (Å²) in [5.41, 5.74) is 6.14. The maximum atomic E-state index is 6.08. The number of hydrogen-bond donors (Lipinski definition) is 1. The second-order valence-electron chi connectivity index (χ2n) is 3.17. The van der Waals surface area contributed by atoms with E-state index in [-0.39, 0.29) is 5.54 Å². The second kappa shape index (κ2) is 5.56. The van der Waals surface area contributed by atoms with Gasteiger partial charge in [0.2, 0.25) is 0 Å². The highest BCUT2D eigenvalue weighted by Crippen LogP contribution is 2.17. The average molecular weight is 159 g/mol. The molecule has 0 heterocycles. The molecule has 0 aliphatic rings. The van der Waals surface area contributed by atoms with Crippen molar-refractivity contribution in [3.05, 3.63) is 0 Å². The van der Waals surface area contributed by atoms with Crippen molar-refractivity contribution in [1.82, 2.24) is 0 Å². The van der Waals surface area contributed by atoms with E-state index in [0.29, 0.717) is 0 Å². The third kappa shape index (κ3) is 4.38. The molecule has 2 nitrogen and oxygen atoms in total. The highest BCUT2D eigenvalue weighted by Gasteiger charge is 2.18. The van der Waals surface area contributed by atoms with E-state index in [1.54, 1.807) is 7.11 Å². The average Bonchev–Trinajstić information content (AvgIpc) is 2.05. The second-order valence-corrected chi connectivity index (χ2v) is 3.17. The number of rotatable bonds is 6. The normalized spacial score (nSPS) is 12.0. The van der Waals surface area contributed by atoms with Crippen LogP contribution in [0.2, 0.25) is 0 Å². The molecule has 0 saturated carbocycles. The van der Waals surface area contributed by atoms with Crippen LogP contribution >= 0.6 is 0 Å². The molecule has 0 aliphatic carbocycles. The van der Waals surface area contributed by atoms with Gasteiger partial charge in [0, 0.05) is 19.3 Å². The fourth-order valence-corrected chi connectivity index (χ4v) is 1.17. The van der Waals surface area contributed by atoms with Gasteiger partial charge in [0.25, 0.3) is 0 Å². The zero-order chi connectivity index (χ0) is 8.74. The van der Waals surface area contributed by atoms with Crippen LogP contribution in [0.1, 0.15) is 39.5 Å². The monoisotopic (exact) mass is 159 g/mol. The molecule has 11 heavy (non-hydrogen) atoms. The Labute approximate surface area is 70.1 Å². The van der Waals surface area contributed by atoms with E-state index < -0.39 is 0 Å². The molecular formula is C9H21NO. The van der Waals surface area contributed by atoms with Crippen molar-refractivity contribution >= 4 is 0 Å². The zero-order valence-electron chi connectivity index (χ0n) is 8.02. The Hall–Kier alpha value is -0.0800. The van der Waals surface area contributed by atoms with Crippen molar-refractivity contribution in [2.75, 3.05) is 13.7 Å². The Bertz CT molecular complexity index is 89.6. The minimum Gasteiger partial charge on any atom is -0.385 e. The summed E-state index contributed by atoms with van der Waals surface area (Å²) in [6, 6.07) is 0. The van der Waals surface area contributed by atoms with Crippen molar-refractivity contribution in [1.29, 1.82) is 0 Å². The Kier molecular flexibility index (Phi) is 5.51. The lowest BCUT2D eigenvalue weighted by Crippen LogP contribution is -2.38. The SMILES string of the molecule is CCC(N)(CC)CCCOC. The van der Waals surface area contributed by atoms with E-state index in [9.17, 15) is 0 Å². The smallest absolute Gasteiger partial charge is 0.0462 e. The van der Waals surface area contributed by atoms with Crippen molar-refractivity contribution in [2.45, 2.75) is 45.1 Å². The molecule has 2 N–H and O–H groups in total. The summed E-state index contributed by atoms with van der Waals surface area (Å²) in [6.07, 6.45) is 4.28. The first kappa shape index (κ1) is 10.9. The lowest BCUT2D eigenvalue weighted by molar-refractivity contribution is 0.181. The molecule has 0 aliphatic heterocycles. The van der Waals surface area contributed by atoms with Crippen LogP contribution in [0.5, 0.6) is 0 Å². The molecule has 0 unspecified atom stereocenters. The highest BCUT2D eigenvalue weighted by molar-refractivity contribution is 4.80. The number of nitrogens with two attached hydrogens (primary N) is 1. The maximum absolute atomic E-state index is 6.08. The van der Waals surface area contributed by atoms with Crippen LogP contribution in [-0.4, -0.2) is 19.3 Å². The van der Waals surface area contributed by atoms with Gasteiger partial charge >= 0.3 is 0 Å². The first-order chi connectivity index (χ1) is 5.18. The quantitative estimate of drug-likeness (QED) is 0.601. The molecule has 2 heteroatoms. The summed E-state index contributed by atoms with van der Waals surface area (Å²) in [7, 11) is 1.73. The highest BCUT2D eigenvalue weighted by atomic mass is 16.5. The van der Waals surface area contributed by atoms with Gasteiger partial charge in [-0.15, -0.1) is 0 Å². The van der Waals surface area contributed by atoms with E-state index in [1.165, 1.54) is 0 Å². The van der Waals surface area contributed by atoms with Crippen molar-refractivity contribution < 1.29 is 4.74 Å². The van der Waals surface area contributed by atoms with Gasteiger partial charge in [-0.1, -0.05) is 13.8 Å². The van der Waals surface area contributed by atoms with Gasteiger partial charge in [-0.25, -0.2) is 0 Å². The van der Waals surface area contributed by atoms with Crippen LogP contribution in [-0.2, 0) is 4.74 Å². The molecule has 0 rings (SSSR count). The summed E-state index contributed by atoms with van der Waals surface area (Å²) in [4.78, 5) is 0. The van der Waals surface area contributed by atoms with Crippen molar-refractivity contribution in [2.24, 2.45) is 5.73 Å². The predicted molar refractivity (Wildman–Crippen MR) is 48.6 cm³/mol. The molecule has 0 saturated heterocycles. The van der Waals surface area contributed by atoms with Crippen LogP contribution in [0.25, 0.3) is 0 Å². The zero-order valence-corrected chi connectivity index (χ0v) is 8.02.